The van der Waals surface area contributed by atoms with Gasteiger partial charge in [0.25, 0.3) is 0 Å². The minimum Gasteiger partial charge on any atom is -0.368 e. The Morgan fingerprint density at radius 1 is 1.06 bits per heavy atom. The molecule has 6 heteroatoms. The third kappa shape index (κ3) is 3.26. The Kier molecular flexibility index (Phi) is 3.42. The van der Waals surface area contributed by atoms with Gasteiger partial charge in [0.1, 0.15) is 5.82 Å². The number of hydrogen-bond acceptors (Lipinski definition) is 6. The molecular formula is C11H20N6. The van der Waals surface area contributed by atoms with Gasteiger partial charge in [-0.2, -0.15) is 15.0 Å². The number of piperidine rings is 1. The molecule has 1 aliphatic heterocycles. The number of hydrogen-bond donors (Lipinski definition) is 2. The number of rotatable bonds is 2. The number of anilines is 2. The number of nitrogens with zero attached hydrogens (tertiary/aromatic N) is 4. The zero-order valence-corrected chi connectivity index (χ0v) is 10.4. The fourth-order valence-corrected chi connectivity index (χ4v) is 2.65. The van der Waals surface area contributed by atoms with Crippen molar-refractivity contribution in [1.29, 1.82) is 0 Å². The van der Waals surface area contributed by atoms with E-state index in [9.17, 15) is 0 Å². The molecule has 0 aromatic carbocycles. The molecule has 17 heavy (non-hydrogen) atoms. The van der Waals surface area contributed by atoms with Crippen LogP contribution in [-0.4, -0.2) is 32.9 Å². The van der Waals surface area contributed by atoms with Gasteiger partial charge in [-0.15, -0.1) is 0 Å². The Morgan fingerprint density at radius 2 is 1.59 bits per heavy atom. The maximum Gasteiger partial charge on any atom is 0.225 e. The van der Waals surface area contributed by atoms with Gasteiger partial charge in [-0.3, -0.25) is 4.90 Å². The van der Waals surface area contributed by atoms with Crippen LogP contribution in [0.15, 0.2) is 0 Å². The maximum absolute atomic E-state index is 5.56. The van der Waals surface area contributed by atoms with Crippen molar-refractivity contribution in [2.24, 2.45) is 11.8 Å². The summed E-state index contributed by atoms with van der Waals surface area (Å²) < 4.78 is 0. The zero-order valence-electron chi connectivity index (χ0n) is 10.4. The molecule has 2 heterocycles. The Bertz CT molecular complexity index is 363. The van der Waals surface area contributed by atoms with Gasteiger partial charge in [-0.1, -0.05) is 13.8 Å². The van der Waals surface area contributed by atoms with Crippen LogP contribution in [0.3, 0.4) is 0 Å². The summed E-state index contributed by atoms with van der Waals surface area (Å²) in [7, 11) is 0. The summed E-state index contributed by atoms with van der Waals surface area (Å²) in [4.78, 5) is 14.4. The van der Waals surface area contributed by atoms with Crippen molar-refractivity contribution in [3.05, 3.63) is 5.82 Å². The van der Waals surface area contributed by atoms with Gasteiger partial charge in [0.05, 0.1) is 6.54 Å². The third-order valence-corrected chi connectivity index (χ3v) is 3.03. The summed E-state index contributed by atoms with van der Waals surface area (Å²) >= 11 is 0. The van der Waals surface area contributed by atoms with Crippen molar-refractivity contribution >= 4 is 11.9 Å². The van der Waals surface area contributed by atoms with E-state index in [2.05, 4.69) is 33.7 Å². The van der Waals surface area contributed by atoms with E-state index in [4.69, 9.17) is 11.5 Å². The average Bonchev–Trinajstić information content (AvgIpc) is 2.13. The van der Waals surface area contributed by atoms with E-state index in [1.54, 1.807) is 0 Å². The molecule has 0 saturated carbocycles. The molecule has 2 rings (SSSR count). The first-order valence-electron chi connectivity index (χ1n) is 6.01. The normalized spacial score (nSPS) is 26.0. The first-order valence-corrected chi connectivity index (χ1v) is 6.01. The summed E-state index contributed by atoms with van der Waals surface area (Å²) in [6.45, 7) is 7.41. The minimum atomic E-state index is 0.200. The molecule has 0 spiro atoms. The largest absolute Gasteiger partial charge is 0.368 e. The summed E-state index contributed by atoms with van der Waals surface area (Å²) in [5.41, 5.74) is 11.1. The second kappa shape index (κ2) is 4.83. The predicted octanol–water partition coefficient (Wildman–Crippen LogP) is 0.514. The Labute approximate surface area is 101 Å². The Hall–Kier alpha value is -1.43. The quantitative estimate of drug-likeness (QED) is 0.777. The predicted molar refractivity (Wildman–Crippen MR) is 66.9 cm³/mol. The minimum absolute atomic E-state index is 0.200. The van der Waals surface area contributed by atoms with Crippen molar-refractivity contribution in [2.45, 2.75) is 26.8 Å². The summed E-state index contributed by atoms with van der Waals surface area (Å²) in [6, 6.07) is 0. The van der Waals surface area contributed by atoms with E-state index in [0.717, 1.165) is 24.9 Å². The number of nitrogen functional groups attached to an aromatic ring is 2. The van der Waals surface area contributed by atoms with Gasteiger partial charge in [-0.25, -0.2) is 0 Å². The fraction of sp³-hybridized carbons (Fsp3) is 0.727. The van der Waals surface area contributed by atoms with Crippen molar-refractivity contribution in [1.82, 2.24) is 19.9 Å². The summed E-state index contributed by atoms with van der Waals surface area (Å²) in [5, 5.41) is 0. The molecule has 2 atom stereocenters. The molecule has 0 aliphatic carbocycles. The van der Waals surface area contributed by atoms with Gasteiger partial charge in [0.2, 0.25) is 11.9 Å². The van der Waals surface area contributed by atoms with E-state index in [1.807, 2.05) is 0 Å². The molecule has 94 valence electrons. The highest BCUT2D eigenvalue weighted by Gasteiger charge is 2.22. The Morgan fingerprint density at radius 3 is 2.12 bits per heavy atom. The molecule has 1 saturated heterocycles. The van der Waals surface area contributed by atoms with E-state index in [1.165, 1.54) is 6.42 Å². The van der Waals surface area contributed by atoms with Gasteiger partial charge < -0.3 is 11.5 Å². The van der Waals surface area contributed by atoms with Crippen LogP contribution in [0.25, 0.3) is 0 Å². The second-order valence-corrected chi connectivity index (χ2v) is 5.11. The molecular weight excluding hydrogens is 216 g/mol. The average molecular weight is 236 g/mol. The van der Waals surface area contributed by atoms with E-state index in [-0.39, 0.29) is 11.9 Å². The van der Waals surface area contributed by atoms with Crippen LogP contribution >= 0.6 is 0 Å². The van der Waals surface area contributed by atoms with Crippen molar-refractivity contribution < 1.29 is 0 Å². The molecule has 1 fully saturated rings. The highest BCUT2D eigenvalue weighted by Crippen LogP contribution is 2.21. The van der Waals surface area contributed by atoms with Gasteiger partial charge >= 0.3 is 0 Å². The van der Waals surface area contributed by atoms with Crippen molar-refractivity contribution in [3.8, 4) is 0 Å². The molecule has 0 unspecified atom stereocenters. The van der Waals surface area contributed by atoms with Crippen LogP contribution in [0.5, 0.6) is 0 Å². The van der Waals surface area contributed by atoms with Crippen LogP contribution in [-0.2, 0) is 6.54 Å². The highest BCUT2D eigenvalue weighted by atomic mass is 15.2. The van der Waals surface area contributed by atoms with E-state index >= 15 is 0 Å². The summed E-state index contributed by atoms with van der Waals surface area (Å²) in [6.07, 6.45) is 1.29. The van der Waals surface area contributed by atoms with Crippen LogP contribution in [0, 0.1) is 11.8 Å². The van der Waals surface area contributed by atoms with Crippen LogP contribution in [0.2, 0.25) is 0 Å². The molecule has 0 radical (unpaired) electrons. The first-order chi connectivity index (χ1) is 8.02. The van der Waals surface area contributed by atoms with Crippen LogP contribution < -0.4 is 11.5 Å². The molecule has 0 bridgehead atoms. The zero-order chi connectivity index (χ0) is 12.4. The van der Waals surface area contributed by atoms with Crippen molar-refractivity contribution in [2.75, 3.05) is 24.6 Å². The molecule has 1 aromatic rings. The number of likely N-dealkylation sites (tertiary alicyclic amines) is 1. The van der Waals surface area contributed by atoms with E-state index in [0.29, 0.717) is 12.4 Å². The lowest BCUT2D eigenvalue weighted by molar-refractivity contribution is 0.131. The lowest BCUT2D eigenvalue weighted by Gasteiger charge is -2.34. The van der Waals surface area contributed by atoms with Gasteiger partial charge in [0.15, 0.2) is 0 Å². The Balaban J connectivity index is 2.04. The van der Waals surface area contributed by atoms with Gasteiger partial charge in [-0.05, 0) is 18.3 Å². The SMILES string of the molecule is C[C@@H]1C[C@H](C)CN(Cc2nc(N)nc(N)n2)C1. The monoisotopic (exact) mass is 236 g/mol. The van der Waals surface area contributed by atoms with E-state index < -0.39 is 0 Å². The summed E-state index contributed by atoms with van der Waals surface area (Å²) in [5.74, 6) is 2.50. The van der Waals surface area contributed by atoms with Crippen LogP contribution in [0.1, 0.15) is 26.1 Å². The van der Waals surface area contributed by atoms with Crippen molar-refractivity contribution in [3.63, 3.8) is 0 Å². The lowest BCUT2D eigenvalue weighted by atomic mass is 9.92. The number of aromatic nitrogens is 3. The molecule has 1 aliphatic rings. The fourth-order valence-electron chi connectivity index (χ4n) is 2.65. The maximum atomic E-state index is 5.56. The standard InChI is InChI=1S/C11H20N6/c1-7-3-8(2)5-17(4-7)6-9-14-10(12)16-11(13)15-9/h7-8H,3-6H2,1-2H3,(H4,12,13,14,15,16)/t7-,8+. The molecule has 6 nitrogen and oxygen atoms in total. The third-order valence-electron chi connectivity index (χ3n) is 3.03. The molecule has 4 N–H and O–H groups in total. The molecule has 0 amide bonds. The first kappa shape index (κ1) is 12.0. The molecule has 1 aromatic heterocycles. The van der Waals surface area contributed by atoms with Gasteiger partial charge in [0, 0.05) is 13.1 Å². The number of nitrogens with two attached hydrogens (primary N) is 2. The van der Waals surface area contributed by atoms with Crippen LogP contribution in [0.4, 0.5) is 11.9 Å². The lowest BCUT2D eigenvalue weighted by Crippen LogP contribution is -2.38. The smallest absolute Gasteiger partial charge is 0.225 e. The second-order valence-electron chi connectivity index (χ2n) is 5.11. The topological polar surface area (TPSA) is 94.0 Å². The highest BCUT2D eigenvalue weighted by molar-refractivity contribution is 5.25.